The van der Waals surface area contributed by atoms with Crippen LogP contribution in [0.15, 0.2) is 41.9 Å². The van der Waals surface area contributed by atoms with E-state index in [1.54, 1.807) is 17.5 Å². The van der Waals surface area contributed by atoms with E-state index in [-0.39, 0.29) is 30.4 Å². The Hall–Kier alpha value is -1.43. The maximum absolute atomic E-state index is 12.4. The molecule has 1 aromatic heterocycles. The average Bonchev–Trinajstić information content (AvgIpc) is 3.18. The molecule has 1 aliphatic rings. The SMILES string of the molecule is Cl.N[C@@H]1CCC[C@H]1CC(=O)NC(c1ccccc1)c1nccs1. The van der Waals surface area contributed by atoms with Crippen molar-refractivity contribution in [2.75, 3.05) is 0 Å². The third-order valence-electron chi connectivity index (χ3n) is 4.30. The van der Waals surface area contributed by atoms with E-state index in [1.807, 2.05) is 35.7 Å². The number of nitrogens with zero attached hydrogens (tertiary/aromatic N) is 1. The molecule has 0 bridgehead atoms. The van der Waals surface area contributed by atoms with E-state index in [1.165, 1.54) is 0 Å². The van der Waals surface area contributed by atoms with E-state index >= 15 is 0 Å². The molecule has 2 aromatic rings. The van der Waals surface area contributed by atoms with Gasteiger partial charge in [0.15, 0.2) is 0 Å². The van der Waals surface area contributed by atoms with Crippen LogP contribution in [0.5, 0.6) is 0 Å². The minimum atomic E-state index is -0.175. The molecule has 1 amide bonds. The first-order chi connectivity index (χ1) is 10.7. The number of nitrogens with two attached hydrogens (primary N) is 1. The van der Waals surface area contributed by atoms with Crippen LogP contribution in [-0.4, -0.2) is 16.9 Å². The highest BCUT2D eigenvalue weighted by molar-refractivity contribution is 7.09. The Kier molecular flexibility index (Phi) is 6.57. The van der Waals surface area contributed by atoms with Gasteiger partial charge in [-0.25, -0.2) is 4.98 Å². The number of carbonyl (C=O) groups excluding carboxylic acids is 1. The summed E-state index contributed by atoms with van der Waals surface area (Å²) in [5.74, 6) is 0.374. The van der Waals surface area contributed by atoms with Crippen molar-refractivity contribution < 1.29 is 4.79 Å². The van der Waals surface area contributed by atoms with Crippen molar-refractivity contribution in [1.82, 2.24) is 10.3 Å². The number of hydrogen-bond acceptors (Lipinski definition) is 4. The van der Waals surface area contributed by atoms with Gasteiger partial charge in [0.25, 0.3) is 0 Å². The zero-order valence-corrected chi connectivity index (χ0v) is 14.5. The Morgan fingerprint density at radius 2 is 2.13 bits per heavy atom. The largest absolute Gasteiger partial charge is 0.343 e. The van der Waals surface area contributed by atoms with Gasteiger partial charge in [0.05, 0.1) is 0 Å². The summed E-state index contributed by atoms with van der Waals surface area (Å²) in [6.45, 7) is 0. The van der Waals surface area contributed by atoms with Gasteiger partial charge in [-0.3, -0.25) is 4.79 Å². The first-order valence-electron chi connectivity index (χ1n) is 7.73. The highest BCUT2D eigenvalue weighted by Gasteiger charge is 2.27. The van der Waals surface area contributed by atoms with Crippen molar-refractivity contribution >= 4 is 29.7 Å². The van der Waals surface area contributed by atoms with E-state index in [4.69, 9.17) is 5.73 Å². The maximum Gasteiger partial charge on any atom is 0.221 e. The van der Waals surface area contributed by atoms with Crippen molar-refractivity contribution in [1.29, 1.82) is 0 Å². The van der Waals surface area contributed by atoms with E-state index in [0.29, 0.717) is 12.3 Å². The molecule has 124 valence electrons. The van der Waals surface area contributed by atoms with Gasteiger partial charge in [0, 0.05) is 24.0 Å². The number of halogens is 1. The average molecular weight is 352 g/mol. The first kappa shape index (κ1) is 17.9. The second-order valence-electron chi connectivity index (χ2n) is 5.84. The molecule has 4 nitrogen and oxygen atoms in total. The summed E-state index contributed by atoms with van der Waals surface area (Å²) in [6, 6.07) is 9.97. The Bertz CT molecular complexity index is 606. The fourth-order valence-electron chi connectivity index (χ4n) is 3.09. The lowest BCUT2D eigenvalue weighted by Gasteiger charge is -2.20. The summed E-state index contributed by atoms with van der Waals surface area (Å²) in [7, 11) is 0. The van der Waals surface area contributed by atoms with Crippen LogP contribution in [0, 0.1) is 5.92 Å². The number of carbonyl (C=O) groups is 1. The van der Waals surface area contributed by atoms with Crippen LogP contribution in [0.2, 0.25) is 0 Å². The van der Waals surface area contributed by atoms with Crippen LogP contribution in [-0.2, 0) is 4.79 Å². The molecule has 1 unspecified atom stereocenters. The molecule has 1 saturated carbocycles. The van der Waals surface area contributed by atoms with Gasteiger partial charge in [-0.15, -0.1) is 23.7 Å². The topological polar surface area (TPSA) is 68.0 Å². The third kappa shape index (κ3) is 4.53. The number of aromatic nitrogens is 1. The lowest BCUT2D eigenvalue weighted by molar-refractivity contribution is -0.122. The molecule has 1 fully saturated rings. The zero-order valence-electron chi connectivity index (χ0n) is 12.9. The molecule has 1 aromatic carbocycles. The van der Waals surface area contributed by atoms with Crippen molar-refractivity contribution in [3.05, 3.63) is 52.5 Å². The molecular formula is C17H22ClN3OS. The van der Waals surface area contributed by atoms with Crippen LogP contribution in [0.3, 0.4) is 0 Å². The van der Waals surface area contributed by atoms with Gasteiger partial charge in [0.1, 0.15) is 11.0 Å². The van der Waals surface area contributed by atoms with Gasteiger partial charge >= 0.3 is 0 Å². The number of thiazole rings is 1. The Balaban J connectivity index is 0.00000192. The highest BCUT2D eigenvalue weighted by atomic mass is 35.5. The molecule has 0 saturated heterocycles. The third-order valence-corrected chi connectivity index (χ3v) is 5.14. The Morgan fingerprint density at radius 1 is 1.35 bits per heavy atom. The smallest absolute Gasteiger partial charge is 0.221 e. The van der Waals surface area contributed by atoms with E-state index < -0.39 is 0 Å². The van der Waals surface area contributed by atoms with Crippen LogP contribution in [0.4, 0.5) is 0 Å². The first-order valence-corrected chi connectivity index (χ1v) is 8.61. The van der Waals surface area contributed by atoms with Crippen LogP contribution in [0.25, 0.3) is 0 Å². The summed E-state index contributed by atoms with van der Waals surface area (Å²) in [5.41, 5.74) is 7.13. The molecule has 3 rings (SSSR count). The van der Waals surface area contributed by atoms with Crippen molar-refractivity contribution in [3.8, 4) is 0 Å². The van der Waals surface area contributed by atoms with Crippen molar-refractivity contribution in [2.24, 2.45) is 11.7 Å². The molecule has 1 aliphatic carbocycles. The van der Waals surface area contributed by atoms with Crippen LogP contribution >= 0.6 is 23.7 Å². The molecule has 23 heavy (non-hydrogen) atoms. The summed E-state index contributed by atoms with van der Waals surface area (Å²) in [4.78, 5) is 16.8. The standard InChI is InChI=1S/C17H21N3OS.ClH/c18-14-8-4-7-13(14)11-15(21)20-16(17-19-9-10-22-17)12-5-2-1-3-6-12;/h1-3,5-6,9-10,13-14,16H,4,7-8,11,18H2,(H,20,21);1H/t13-,14+,16?;/m0./s1. The predicted molar refractivity (Wildman–Crippen MR) is 95.7 cm³/mol. The number of rotatable bonds is 5. The number of benzene rings is 1. The predicted octanol–water partition coefficient (Wildman–Crippen LogP) is 3.29. The molecular weight excluding hydrogens is 330 g/mol. The van der Waals surface area contributed by atoms with E-state index in [9.17, 15) is 4.79 Å². The van der Waals surface area contributed by atoms with Crippen LogP contribution in [0.1, 0.15) is 42.3 Å². The number of hydrogen-bond donors (Lipinski definition) is 2. The van der Waals surface area contributed by atoms with Gasteiger partial charge < -0.3 is 11.1 Å². The second kappa shape index (κ2) is 8.43. The van der Waals surface area contributed by atoms with E-state index in [0.717, 1.165) is 29.8 Å². The van der Waals surface area contributed by atoms with Crippen LogP contribution < -0.4 is 11.1 Å². The summed E-state index contributed by atoms with van der Waals surface area (Å²) in [6.07, 6.45) is 5.51. The maximum atomic E-state index is 12.4. The summed E-state index contributed by atoms with van der Waals surface area (Å²) in [5, 5.41) is 5.98. The Labute approximate surface area is 146 Å². The second-order valence-corrected chi connectivity index (χ2v) is 6.77. The molecule has 6 heteroatoms. The lowest BCUT2D eigenvalue weighted by atomic mass is 9.99. The molecule has 1 heterocycles. The Morgan fingerprint density at radius 3 is 2.74 bits per heavy atom. The monoisotopic (exact) mass is 351 g/mol. The minimum Gasteiger partial charge on any atom is -0.343 e. The molecule has 3 atom stereocenters. The quantitative estimate of drug-likeness (QED) is 0.868. The molecule has 3 N–H and O–H groups in total. The summed E-state index contributed by atoms with van der Waals surface area (Å²) >= 11 is 1.56. The van der Waals surface area contributed by atoms with Crippen molar-refractivity contribution in [2.45, 2.75) is 37.8 Å². The van der Waals surface area contributed by atoms with Gasteiger partial charge in [-0.1, -0.05) is 36.8 Å². The van der Waals surface area contributed by atoms with Gasteiger partial charge in [-0.05, 0) is 24.3 Å². The molecule has 0 radical (unpaired) electrons. The minimum absolute atomic E-state index is 0. The summed E-state index contributed by atoms with van der Waals surface area (Å²) < 4.78 is 0. The lowest BCUT2D eigenvalue weighted by Crippen LogP contribution is -2.34. The molecule has 0 spiro atoms. The number of amides is 1. The fraction of sp³-hybridized carbons (Fsp3) is 0.412. The van der Waals surface area contributed by atoms with Crippen molar-refractivity contribution in [3.63, 3.8) is 0 Å². The van der Waals surface area contributed by atoms with Gasteiger partial charge in [0.2, 0.25) is 5.91 Å². The van der Waals surface area contributed by atoms with E-state index in [2.05, 4.69) is 10.3 Å². The zero-order chi connectivity index (χ0) is 15.4. The highest BCUT2D eigenvalue weighted by Crippen LogP contribution is 2.28. The fourth-order valence-corrected chi connectivity index (χ4v) is 3.80. The number of nitrogens with one attached hydrogen (secondary N) is 1. The molecule has 0 aliphatic heterocycles. The van der Waals surface area contributed by atoms with Gasteiger partial charge in [-0.2, -0.15) is 0 Å². The normalized spacial score (nSPS) is 21.4.